The second kappa shape index (κ2) is 9.39. The van der Waals surface area contributed by atoms with E-state index in [4.69, 9.17) is 4.74 Å². The number of fused-ring (bicyclic) bond motifs is 1. The molecule has 0 atom stereocenters. The molecule has 0 saturated carbocycles. The number of benzene rings is 3. The number of anilines is 2. The van der Waals surface area contributed by atoms with Crippen LogP contribution in [-0.2, 0) is 9.59 Å². The van der Waals surface area contributed by atoms with Crippen molar-refractivity contribution in [2.45, 2.75) is 0 Å². The predicted molar refractivity (Wildman–Crippen MR) is 129 cm³/mol. The fourth-order valence-electron chi connectivity index (χ4n) is 4.26. The molecule has 2 aliphatic rings. The number of piperazine rings is 1. The molecule has 0 unspecified atom stereocenters. The second-order valence-electron chi connectivity index (χ2n) is 8.23. The average molecular weight is 458 g/mol. The third-order valence-corrected chi connectivity index (χ3v) is 6.03. The third kappa shape index (κ3) is 4.50. The number of para-hydroxylation sites is 3. The lowest BCUT2D eigenvalue weighted by atomic mass is 10.1. The highest BCUT2D eigenvalue weighted by Gasteiger charge is 2.33. The van der Waals surface area contributed by atoms with Crippen molar-refractivity contribution >= 4 is 29.3 Å². The molecule has 0 aromatic heterocycles. The van der Waals surface area contributed by atoms with Gasteiger partial charge in [-0.15, -0.1) is 0 Å². The number of carbonyl (C=O) groups is 2. The van der Waals surface area contributed by atoms with Crippen molar-refractivity contribution in [2.75, 3.05) is 42.5 Å². The van der Waals surface area contributed by atoms with Crippen LogP contribution < -0.4 is 14.5 Å². The molecule has 2 amide bonds. The molecule has 172 valence electrons. The van der Waals surface area contributed by atoms with Crippen LogP contribution in [0.25, 0.3) is 6.08 Å². The number of hydrogen-bond acceptors (Lipinski definition) is 4. The molecule has 7 heteroatoms. The van der Waals surface area contributed by atoms with Gasteiger partial charge < -0.3 is 14.5 Å². The summed E-state index contributed by atoms with van der Waals surface area (Å²) < 4.78 is 19.5. The average Bonchev–Trinajstić information content (AvgIpc) is 2.87. The molecular formula is C27H24FN3O3. The molecule has 1 saturated heterocycles. The van der Waals surface area contributed by atoms with Crippen LogP contribution in [0.2, 0.25) is 0 Å². The van der Waals surface area contributed by atoms with Crippen LogP contribution in [0, 0.1) is 5.82 Å². The van der Waals surface area contributed by atoms with E-state index in [1.165, 1.54) is 23.1 Å². The van der Waals surface area contributed by atoms with Gasteiger partial charge in [0.05, 0.1) is 5.69 Å². The standard InChI is InChI=1S/C27H24FN3O3/c28-21-8-6-7-20(17-21)18-25-27(33)31(23-11-4-5-12-24(23)34-25)19-26(32)30-15-13-29(14-16-30)22-9-2-1-3-10-22/h1-12,17-18H,13-16,19H2. The highest BCUT2D eigenvalue weighted by atomic mass is 19.1. The van der Waals surface area contributed by atoms with Gasteiger partial charge in [0, 0.05) is 31.9 Å². The van der Waals surface area contributed by atoms with Gasteiger partial charge >= 0.3 is 0 Å². The summed E-state index contributed by atoms with van der Waals surface area (Å²) in [6.45, 7) is 2.53. The van der Waals surface area contributed by atoms with Gasteiger partial charge in [-0.05, 0) is 48.0 Å². The molecule has 34 heavy (non-hydrogen) atoms. The van der Waals surface area contributed by atoms with Crippen LogP contribution in [0.5, 0.6) is 5.75 Å². The van der Waals surface area contributed by atoms with Gasteiger partial charge in [0.15, 0.2) is 11.5 Å². The zero-order valence-electron chi connectivity index (χ0n) is 18.6. The van der Waals surface area contributed by atoms with Gasteiger partial charge in [0.2, 0.25) is 5.91 Å². The number of amides is 2. The first-order valence-electron chi connectivity index (χ1n) is 11.2. The van der Waals surface area contributed by atoms with E-state index in [0.29, 0.717) is 30.1 Å². The Hall–Kier alpha value is -4.13. The normalized spacial score (nSPS) is 16.9. The summed E-state index contributed by atoms with van der Waals surface area (Å²) in [7, 11) is 0. The maximum absolute atomic E-state index is 13.6. The van der Waals surface area contributed by atoms with Crippen LogP contribution in [0.3, 0.4) is 0 Å². The molecule has 2 heterocycles. The van der Waals surface area contributed by atoms with Crippen LogP contribution in [0.4, 0.5) is 15.8 Å². The molecule has 0 aliphatic carbocycles. The third-order valence-electron chi connectivity index (χ3n) is 6.03. The summed E-state index contributed by atoms with van der Waals surface area (Å²) in [5.41, 5.74) is 2.19. The van der Waals surface area contributed by atoms with E-state index >= 15 is 0 Å². The first kappa shape index (κ1) is 21.7. The summed E-state index contributed by atoms with van der Waals surface area (Å²) >= 11 is 0. The van der Waals surface area contributed by atoms with E-state index in [-0.39, 0.29) is 18.2 Å². The Balaban J connectivity index is 1.33. The highest BCUT2D eigenvalue weighted by molar-refractivity contribution is 6.12. The Kier molecular flexibility index (Phi) is 5.99. The number of hydrogen-bond donors (Lipinski definition) is 0. The Morgan fingerprint density at radius 1 is 0.912 bits per heavy atom. The lowest BCUT2D eigenvalue weighted by molar-refractivity contribution is -0.131. The molecule has 0 bridgehead atoms. The summed E-state index contributed by atoms with van der Waals surface area (Å²) in [5, 5.41) is 0. The van der Waals surface area contributed by atoms with E-state index in [9.17, 15) is 14.0 Å². The Morgan fingerprint density at radius 2 is 1.65 bits per heavy atom. The Bertz CT molecular complexity index is 1240. The van der Waals surface area contributed by atoms with Crippen molar-refractivity contribution in [2.24, 2.45) is 0 Å². The molecule has 6 nitrogen and oxygen atoms in total. The summed E-state index contributed by atoms with van der Waals surface area (Å²) in [6, 6.07) is 23.1. The van der Waals surface area contributed by atoms with Gasteiger partial charge in [0.25, 0.3) is 5.91 Å². The van der Waals surface area contributed by atoms with Crippen molar-refractivity contribution in [1.82, 2.24) is 4.90 Å². The van der Waals surface area contributed by atoms with Crippen molar-refractivity contribution in [3.63, 3.8) is 0 Å². The summed E-state index contributed by atoms with van der Waals surface area (Å²) in [4.78, 5) is 32.0. The van der Waals surface area contributed by atoms with Gasteiger partial charge in [0.1, 0.15) is 12.4 Å². The number of ether oxygens (including phenoxy) is 1. The quantitative estimate of drug-likeness (QED) is 0.557. The minimum Gasteiger partial charge on any atom is -0.449 e. The topological polar surface area (TPSA) is 53.1 Å². The summed E-state index contributed by atoms with van der Waals surface area (Å²) in [6.07, 6.45) is 1.50. The first-order valence-corrected chi connectivity index (χ1v) is 11.2. The molecule has 3 aromatic carbocycles. The second-order valence-corrected chi connectivity index (χ2v) is 8.23. The molecule has 0 spiro atoms. The van der Waals surface area contributed by atoms with Gasteiger partial charge in [-0.2, -0.15) is 0 Å². The number of halogens is 1. The van der Waals surface area contributed by atoms with E-state index in [2.05, 4.69) is 17.0 Å². The molecular weight excluding hydrogens is 433 g/mol. The van der Waals surface area contributed by atoms with Crippen LogP contribution >= 0.6 is 0 Å². The largest absolute Gasteiger partial charge is 0.449 e. The fourth-order valence-corrected chi connectivity index (χ4v) is 4.26. The molecule has 1 fully saturated rings. The van der Waals surface area contributed by atoms with Crippen molar-refractivity contribution in [3.05, 3.63) is 96.0 Å². The minimum atomic E-state index is -0.431. The van der Waals surface area contributed by atoms with E-state index < -0.39 is 11.7 Å². The molecule has 5 rings (SSSR count). The molecule has 2 aliphatic heterocycles. The van der Waals surface area contributed by atoms with Crippen molar-refractivity contribution in [1.29, 1.82) is 0 Å². The minimum absolute atomic E-state index is 0.0472. The monoisotopic (exact) mass is 457 g/mol. The first-order chi connectivity index (χ1) is 16.6. The SMILES string of the molecule is O=C(CN1C(=O)C(=Cc2cccc(F)c2)Oc2ccccc21)N1CCN(c2ccccc2)CC1. The lowest BCUT2D eigenvalue weighted by Gasteiger charge is -2.37. The maximum Gasteiger partial charge on any atom is 0.294 e. The lowest BCUT2D eigenvalue weighted by Crippen LogP contribution is -2.52. The molecule has 0 N–H and O–H groups in total. The van der Waals surface area contributed by atoms with Crippen LogP contribution in [0.15, 0.2) is 84.6 Å². The van der Waals surface area contributed by atoms with Crippen molar-refractivity contribution < 1.29 is 18.7 Å². The summed E-state index contributed by atoms with van der Waals surface area (Å²) in [5.74, 6) is -0.431. The zero-order chi connectivity index (χ0) is 23.5. The zero-order valence-corrected chi connectivity index (χ0v) is 18.6. The van der Waals surface area contributed by atoms with Gasteiger partial charge in [-0.3, -0.25) is 14.5 Å². The molecule has 0 radical (unpaired) electrons. The van der Waals surface area contributed by atoms with E-state index in [1.807, 2.05) is 18.2 Å². The predicted octanol–water partition coefficient (Wildman–Crippen LogP) is 3.94. The Labute approximate surface area is 197 Å². The maximum atomic E-state index is 13.6. The van der Waals surface area contributed by atoms with Crippen LogP contribution in [-0.4, -0.2) is 49.4 Å². The van der Waals surface area contributed by atoms with Gasteiger partial charge in [-0.25, -0.2) is 4.39 Å². The smallest absolute Gasteiger partial charge is 0.294 e. The van der Waals surface area contributed by atoms with E-state index in [1.54, 1.807) is 41.3 Å². The number of rotatable bonds is 4. The highest BCUT2D eigenvalue weighted by Crippen LogP contribution is 2.35. The van der Waals surface area contributed by atoms with Crippen LogP contribution in [0.1, 0.15) is 5.56 Å². The number of carbonyl (C=O) groups excluding carboxylic acids is 2. The molecule has 3 aromatic rings. The van der Waals surface area contributed by atoms with Crippen molar-refractivity contribution in [3.8, 4) is 5.75 Å². The van der Waals surface area contributed by atoms with Gasteiger partial charge in [-0.1, -0.05) is 42.5 Å². The Morgan fingerprint density at radius 3 is 2.41 bits per heavy atom. The number of nitrogens with zero attached hydrogens (tertiary/aromatic N) is 3. The van der Waals surface area contributed by atoms with E-state index in [0.717, 1.165) is 18.8 Å². The fraction of sp³-hybridized carbons (Fsp3) is 0.185.